The standard InChI is InChI=1S/C44H30BNOS/c1-4-19-35-27(12-1)26-34(32-17-9-16-31-28-13-2-7-24-40(28)47-43(31)32)30-15-10-22-38-42(30)45(35)36-20-5-6-21-37(36)46(38)39-23-11-18-33-29-14-3-8-25-41(29)48-44(33)39/h1-25,28,34,40H,26H2. The van der Waals surface area contributed by atoms with Crippen LogP contribution in [0.5, 0.6) is 5.75 Å². The van der Waals surface area contributed by atoms with Crippen molar-refractivity contribution in [2.75, 3.05) is 4.90 Å². The zero-order valence-electron chi connectivity index (χ0n) is 26.2. The van der Waals surface area contributed by atoms with Crippen molar-refractivity contribution < 1.29 is 4.74 Å². The molecule has 0 N–H and O–H groups in total. The topological polar surface area (TPSA) is 12.5 Å². The number of hydrogen-bond donors (Lipinski definition) is 0. The van der Waals surface area contributed by atoms with Gasteiger partial charge in [-0.25, -0.2) is 0 Å². The number of anilines is 3. The van der Waals surface area contributed by atoms with E-state index in [0.29, 0.717) is 0 Å². The summed E-state index contributed by atoms with van der Waals surface area (Å²) in [6.07, 6.45) is 9.78. The average Bonchev–Trinajstić information content (AvgIpc) is 3.68. The van der Waals surface area contributed by atoms with Crippen LogP contribution in [0.1, 0.15) is 34.1 Å². The lowest BCUT2D eigenvalue weighted by Gasteiger charge is -2.38. The van der Waals surface area contributed by atoms with Gasteiger partial charge in [0.15, 0.2) is 0 Å². The molecule has 0 saturated heterocycles. The van der Waals surface area contributed by atoms with E-state index < -0.39 is 0 Å². The van der Waals surface area contributed by atoms with Gasteiger partial charge in [-0.1, -0.05) is 132 Å². The minimum Gasteiger partial charge on any atom is -0.485 e. The second kappa shape index (κ2) is 10.1. The normalized spacial score (nSPS) is 19.7. The molecule has 3 unspecified atom stereocenters. The molecule has 226 valence electrons. The summed E-state index contributed by atoms with van der Waals surface area (Å²) < 4.78 is 9.47. The molecule has 0 bridgehead atoms. The molecule has 0 radical (unpaired) electrons. The van der Waals surface area contributed by atoms with Crippen molar-refractivity contribution >= 4 is 71.7 Å². The van der Waals surface area contributed by atoms with Crippen LogP contribution in [-0.2, 0) is 6.42 Å². The van der Waals surface area contributed by atoms with Gasteiger partial charge in [0.25, 0.3) is 0 Å². The molecule has 11 rings (SSSR count). The van der Waals surface area contributed by atoms with Crippen molar-refractivity contribution in [3.8, 4) is 5.75 Å². The fourth-order valence-corrected chi connectivity index (χ4v) is 10.3. The van der Waals surface area contributed by atoms with Crippen molar-refractivity contribution in [1.82, 2.24) is 0 Å². The maximum Gasteiger partial charge on any atom is 0.247 e. The van der Waals surface area contributed by atoms with Crippen LogP contribution < -0.4 is 26.0 Å². The van der Waals surface area contributed by atoms with E-state index in [1.165, 1.54) is 75.9 Å². The summed E-state index contributed by atoms with van der Waals surface area (Å²) in [5.74, 6) is 1.50. The lowest BCUT2D eigenvalue weighted by atomic mass is 9.34. The molecule has 6 aromatic carbocycles. The molecule has 4 aliphatic rings. The van der Waals surface area contributed by atoms with E-state index in [1.807, 2.05) is 11.3 Å². The second-order valence-corrected chi connectivity index (χ2v) is 14.5. The molecule has 7 aromatic rings. The second-order valence-electron chi connectivity index (χ2n) is 13.5. The van der Waals surface area contributed by atoms with Crippen LogP contribution in [0, 0.1) is 0 Å². The van der Waals surface area contributed by atoms with E-state index >= 15 is 0 Å². The van der Waals surface area contributed by atoms with Crippen LogP contribution in [0.4, 0.5) is 17.1 Å². The minimum absolute atomic E-state index is 0.0609. The summed E-state index contributed by atoms with van der Waals surface area (Å²) in [7, 11) is 0. The summed E-state index contributed by atoms with van der Waals surface area (Å²) in [6.45, 7) is 0.137. The van der Waals surface area contributed by atoms with Crippen LogP contribution >= 0.6 is 11.3 Å². The Morgan fingerprint density at radius 2 is 1.31 bits per heavy atom. The van der Waals surface area contributed by atoms with Crippen molar-refractivity contribution in [3.05, 3.63) is 174 Å². The maximum absolute atomic E-state index is 6.81. The molecule has 4 heteroatoms. The fraction of sp³-hybridized carbons (Fsp3) is 0.0909. The number of benzene rings is 6. The molecular formula is C44H30BNOS. The maximum atomic E-state index is 6.81. The molecule has 0 fully saturated rings. The molecule has 1 aromatic heterocycles. The third kappa shape index (κ3) is 3.64. The van der Waals surface area contributed by atoms with Crippen molar-refractivity contribution in [2.45, 2.75) is 24.4 Å². The van der Waals surface area contributed by atoms with Gasteiger partial charge in [0.05, 0.1) is 10.4 Å². The van der Waals surface area contributed by atoms with Crippen LogP contribution in [0.2, 0.25) is 0 Å². The summed E-state index contributed by atoms with van der Waals surface area (Å²) in [6, 6.07) is 47.8. The largest absolute Gasteiger partial charge is 0.485 e. The molecule has 2 nitrogen and oxygen atoms in total. The van der Waals surface area contributed by atoms with Gasteiger partial charge < -0.3 is 9.64 Å². The molecule has 0 saturated carbocycles. The fourth-order valence-electron chi connectivity index (χ4n) is 9.07. The molecule has 0 spiro atoms. The minimum atomic E-state index is 0.0609. The third-order valence-electron chi connectivity index (χ3n) is 11.1. The number of hydrogen-bond acceptors (Lipinski definition) is 3. The zero-order valence-corrected chi connectivity index (χ0v) is 27.0. The highest BCUT2D eigenvalue weighted by Gasteiger charge is 2.43. The third-order valence-corrected chi connectivity index (χ3v) is 12.3. The van der Waals surface area contributed by atoms with E-state index in [-0.39, 0.29) is 24.7 Å². The molecule has 3 atom stereocenters. The van der Waals surface area contributed by atoms with Gasteiger partial charge in [-0.15, -0.1) is 11.3 Å². The first-order chi connectivity index (χ1) is 23.8. The number of thiophene rings is 1. The van der Waals surface area contributed by atoms with Crippen molar-refractivity contribution in [1.29, 1.82) is 0 Å². The molecule has 1 aliphatic carbocycles. The lowest BCUT2D eigenvalue weighted by Crippen LogP contribution is -2.58. The van der Waals surface area contributed by atoms with Crippen molar-refractivity contribution in [3.63, 3.8) is 0 Å². The Morgan fingerprint density at radius 1 is 0.604 bits per heavy atom. The summed E-state index contributed by atoms with van der Waals surface area (Å²) in [5.41, 5.74) is 13.4. The van der Waals surface area contributed by atoms with Crippen LogP contribution in [-0.4, -0.2) is 12.8 Å². The Labute approximate surface area is 284 Å². The molecule has 4 heterocycles. The lowest BCUT2D eigenvalue weighted by molar-refractivity contribution is 0.266. The molecule has 3 aliphatic heterocycles. The number of para-hydroxylation sites is 2. The summed E-state index contributed by atoms with van der Waals surface area (Å²) in [4.78, 5) is 2.56. The van der Waals surface area contributed by atoms with Crippen molar-refractivity contribution in [2.24, 2.45) is 0 Å². The highest BCUT2D eigenvalue weighted by Crippen LogP contribution is 2.49. The van der Waals surface area contributed by atoms with Gasteiger partial charge in [0, 0.05) is 49.8 Å². The highest BCUT2D eigenvalue weighted by atomic mass is 32.1. The average molecular weight is 632 g/mol. The Balaban J connectivity index is 1.20. The van der Waals surface area contributed by atoms with E-state index in [0.717, 1.165) is 12.2 Å². The number of rotatable bonds is 2. The first-order valence-corrected chi connectivity index (χ1v) is 17.8. The number of ether oxygens (including phenoxy) is 1. The SMILES string of the molecule is C1=CC2Oc3c(C4Cc5ccccc5B5c6ccccc6N(c6cccc7c6sc6ccccc67)c6cccc4c65)cccc3C2C=C1. The Kier molecular flexibility index (Phi) is 5.62. The highest BCUT2D eigenvalue weighted by molar-refractivity contribution is 7.26. The van der Waals surface area contributed by atoms with Gasteiger partial charge in [-0.2, -0.15) is 0 Å². The predicted octanol–water partition coefficient (Wildman–Crippen LogP) is 9.01. The first kappa shape index (κ1) is 26.7. The quantitative estimate of drug-likeness (QED) is 0.177. The van der Waals surface area contributed by atoms with E-state index in [2.05, 4.69) is 157 Å². The first-order valence-electron chi connectivity index (χ1n) is 17.0. The van der Waals surface area contributed by atoms with Gasteiger partial charge in [-0.05, 0) is 53.3 Å². The summed E-state index contributed by atoms with van der Waals surface area (Å²) in [5, 5.41) is 2.64. The molecule has 48 heavy (non-hydrogen) atoms. The van der Waals surface area contributed by atoms with Crippen LogP contribution in [0.15, 0.2) is 152 Å². The number of nitrogens with zero attached hydrogens (tertiary/aromatic N) is 1. The van der Waals surface area contributed by atoms with Gasteiger partial charge in [0.2, 0.25) is 6.71 Å². The number of fused-ring (bicyclic) bond motifs is 10. The van der Waals surface area contributed by atoms with Gasteiger partial charge in [-0.3, -0.25) is 0 Å². The Morgan fingerprint density at radius 3 is 2.29 bits per heavy atom. The monoisotopic (exact) mass is 631 g/mol. The number of allylic oxidation sites excluding steroid dienone is 2. The van der Waals surface area contributed by atoms with E-state index in [4.69, 9.17) is 4.74 Å². The van der Waals surface area contributed by atoms with Gasteiger partial charge >= 0.3 is 0 Å². The smallest absolute Gasteiger partial charge is 0.247 e. The van der Waals surface area contributed by atoms with E-state index in [1.54, 1.807) is 0 Å². The predicted molar refractivity (Wildman–Crippen MR) is 203 cm³/mol. The Bertz CT molecular complexity index is 2530. The van der Waals surface area contributed by atoms with Gasteiger partial charge in [0.1, 0.15) is 11.9 Å². The van der Waals surface area contributed by atoms with Crippen LogP contribution in [0.25, 0.3) is 20.2 Å². The Hall–Kier alpha value is -5.32. The van der Waals surface area contributed by atoms with E-state index in [9.17, 15) is 0 Å². The molecule has 0 amide bonds. The van der Waals surface area contributed by atoms with Crippen LogP contribution in [0.3, 0.4) is 0 Å². The zero-order chi connectivity index (χ0) is 31.3. The molecular weight excluding hydrogens is 601 g/mol. The summed E-state index contributed by atoms with van der Waals surface area (Å²) >= 11 is 1.90.